The maximum absolute atomic E-state index is 13.3. The van der Waals surface area contributed by atoms with Gasteiger partial charge in [0.15, 0.2) is 9.84 Å². The molecule has 0 amide bonds. The average Bonchev–Trinajstić information content (AvgIpc) is 3.03. The highest BCUT2D eigenvalue weighted by Crippen LogP contribution is 2.57. The van der Waals surface area contributed by atoms with Gasteiger partial charge in [-0.2, -0.15) is 0 Å². The van der Waals surface area contributed by atoms with Gasteiger partial charge in [-0.3, -0.25) is 0 Å². The highest BCUT2D eigenvalue weighted by atomic mass is 32.2. The van der Waals surface area contributed by atoms with Gasteiger partial charge >= 0.3 is 0 Å². The van der Waals surface area contributed by atoms with E-state index in [2.05, 4.69) is 18.7 Å². The second-order valence-electron chi connectivity index (χ2n) is 5.81. The van der Waals surface area contributed by atoms with Crippen molar-refractivity contribution in [3.8, 4) is 0 Å². The molecule has 106 valence electrons. The fourth-order valence-corrected chi connectivity index (χ4v) is 6.37. The minimum atomic E-state index is -3.39. The van der Waals surface area contributed by atoms with Gasteiger partial charge < -0.3 is 0 Å². The Morgan fingerprint density at radius 3 is 2.50 bits per heavy atom. The average molecular weight is 288 g/mol. The van der Waals surface area contributed by atoms with E-state index in [1.807, 2.05) is 13.0 Å². The predicted molar refractivity (Wildman–Crippen MR) is 81.1 cm³/mol. The molecule has 1 aromatic carbocycles. The van der Waals surface area contributed by atoms with Crippen LogP contribution in [0.25, 0.3) is 0 Å². The largest absolute Gasteiger partial charge is 0.223 e. The van der Waals surface area contributed by atoms with Crippen molar-refractivity contribution in [1.82, 2.24) is 0 Å². The van der Waals surface area contributed by atoms with Crippen LogP contribution in [-0.4, -0.2) is 13.2 Å². The summed E-state index contributed by atoms with van der Waals surface area (Å²) in [6, 6.07) is 8.84. The van der Waals surface area contributed by atoms with Crippen molar-refractivity contribution in [3.63, 3.8) is 0 Å². The molecule has 20 heavy (non-hydrogen) atoms. The predicted octanol–water partition coefficient (Wildman–Crippen LogP) is 3.76. The van der Waals surface area contributed by atoms with E-state index in [0.29, 0.717) is 11.3 Å². The lowest BCUT2D eigenvalue weighted by molar-refractivity contribution is 0.465. The molecule has 2 aliphatic carbocycles. The van der Waals surface area contributed by atoms with Crippen molar-refractivity contribution in [3.05, 3.63) is 54.6 Å². The highest BCUT2D eigenvalue weighted by molar-refractivity contribution is 7.93. The molecule has 0 aromatic heterocycles. The van der Waals surface area contributed by atoms with E-state index in [0.717, 1.165) is 18.4 Å². The van der Waals surface area contributed by atoms with E-state index in [1.165, 1.54) is 0 Å². The van der Waals surface area contributed by atoms with Crippen LogP contribution in [-0.2, 0) is 9.84 Å². The fourth-order valence-electron chi connectivity index (χ4n) is 3.89. The van der Waals surface area contributed by atoms with Crippen LogP contribution in [0.4, 0.5) is 0 Å². The van der Waals surface area contributed by atoms with Gasteiger partial charge in [0.1, 0.15) is 4.75 Å². The Balaban J connectivity index is 2.18. The van der Waals surface area contributed by atoms with Crippen LogP contribution in [0.15, 0.2) is 59.5 Å². The van der Waals surface area contributed by atoms with Gasteiger partial charge in [0, 0.05) is 5.92 Å². The number of sulfone groups is 1. The van der Waals surface area contributed by atoms with Crippen molar-refractivity contribution < 1.29 is 8.42 Å². The summed E-state index contributed by atoms with van der Waals surface area (Å²) < 4.78 is 25.7. The molecule has 2 aliphatic rings. The summed E-state index contributed by atoms with van der Waals surface area (Å²) in [4.78, 5) is 0.426. The summed E-state index contributed by atoms with van der Waals surface area (Å²) in [5.74, 6) is 0.329. The molecule has 0 unspecified atom stereocenters. The van der Waals surface area contributed by atoms with E-state index in [9.17, 15) is 8.42 Å². The van der Waals surface area contributed by atoms with Crippen molar-refractivity contribution in [1.29, 1.82) is 0 Å². The molecule has 1 aromatic rings. The molecule has 0 saturated heterocycles. The topological polar surface area (TPSA) is 34.1 Å². The maximum Gasteiger partial charge on any atom is 0.188 e. The van der Waals surface area contributed by atoms with Gasteiger partial charge in [-0.05, 0) is 36.5 Å². The van der Waals surface area contributed by atoms with Crippen LogP contribution >= 0.6 is 0 Å². The first-order chi connectivity index (χ1) is 9.54. The van der Waals surface area contributed by atoms with E-state index >= 15 is 0 Å². The summed E-state index contributed by atoms with van der Waals surface area (Å²) in [6.45, 7) is 6.22. The lowest BCUT2D eigenvalue weighted by Gasteiger charge is -2.36. The van der Waals surface area contributed by atoms with E-state index in [-0.39, 0.29) is 11.8 Å². The summed E-state index contributed by atoms with van der Waals surface area (Å²) in [5, 5.41) is 0. The smallest absolute Gasteiger partial charge is 0.188 e. The first kappa shape index (κ1) is 13.6. The number of hydrogen-bond donors (Lipinski definition) is 0. The minimum Gasteiger partial charge on any atom is -0.223 e. The Morgan fingerprint density at radius 2 is 1.95 bits per heavy atom. The van der Waals surface area contributed by atoms with Crippen molar-refractivity contribution in [2.24, 2.45) is 11.8 Å². The summed E-state index contributed by atoms with van der Waals surface area (Å²) >= 11 is 0. The number of benzene rings is 1. The van der Waals surface area contributed by atoms with Crippen LogP contribution in [0.2, 0.25) is 0 Å². The second-order valence-corrected chi connectivity index (χ2v) is 8.02. The summed E-state index contributed by atoms with van der Waals surface area (Å²) in [5.41, 5.74) is 0.899. The quantitative estimate of drug-likeness (QED) is 0.791. The van der Waals surface area contributed by atoms with Crippen molar-refractivity contribution in [2.45, 2.75) is 35.8 Å². The molecule has 0 aliphatic heterocycles. The molecule has 0 heterocycles. The molecular weight excluding hydrogens is 268 g/mol. The standard InChI is InChI=1S/C17H20O2S/c1-3-11-17(13(2)14-9-10-15(17)12-14)20(18,19)16-7-5-4-6-8-16/h4-10,14-15H,2-3,11-12H2,1H3/t14-,15+,17+/m0/s1. The van der Waals surface area contributed by atoms with Gasteiger partial charge in [0.25, 0.3) is 0 Å². The second kappa shape index (κ2) is 4.59. The van der Waals surface area contributed by atoms with Gasteiger partial charge in [-0.15, -0.1) is 0 Å². The Morgan fingerprint density at radius 1 is 1.25 bits per heavy atom. The maximum atomic E-state index is 13.3. The van der Waals surface area contributed by atoms with Gasteiger partial charge in [-0.1, -0.05) is 50.3 Å². The monoisotopic (exact) mass is 288 g/mol. The van der Waals surface area contributed by atoms with Gasteiger partial charge in [-0.25, -0.2) is 8.42 Å². The Labute approximate surface area is 121 Å². The molecular formula is C17H20O2S. The zero-order valence-corrected chi connectivity index (χ0v) is 12.6. The molecule has 2 bridgehead atoms. The first-order valence-electron chi connectivity index (χ1n) is 7.21. The van der Waals surface area contributed by atoms with Crippen LogP contribution in [0.1, 0.15) is 26.2 Å². The first-order valence-corrected chi connectivity index (χ1v) is 8.69. The van der Waals surface area contributed by atoms with Gasteiger partial charge in [0.2, 0.25) is 0 Å². The Bertz CT molecular complexity index is 657. The van der Waals surface area contributed by atoms with E-state index in [4.69, 9.17) is 0 Å². The van der Waals surface area contributed by atoms with Crippen LogP contribution in [0.5, 0.6) is 0 Å². The normalized spacial score (nSPS) is 31.9. The third-order valence-electron chi connectivity index (χ3n) is 4.83. The van der Waals surface area contributed by atoms with Crippen LogP contribution in [0.3, 0.4) is 0 Å². The van der Waals surface area contributed by atoms with Crippen molar-refractivity contribution >= 4 is 9.84 Å². The molecule has 3 atom stereocenters. The van der Waals surface area contributed by atoms with Crippen LogP contribution < -0.4 is 0 Å². The minimum absolute atomic E-state index is 0.0881. The van der Waals surface area contributed by atoms with Gasteiger partial charge in [0.05, 0.1) is 4.90 Å². The molecule has 2 nitrogen and oxygen atoms in total. The number of hydrogen-bond acceptors (Lipinski definition) is 2. The third-order valence-corrected chi connectivity index (χ3v) is 7.45. The fraction of sp³-hybridized carbons (Fsp3) is 0.412. The lowest BCUT2D eigenvalue weighted by atomic mass is 9.85. The number of fused-ring (bicyclic) bond motifs is 2. The molecule has 0 radical (unpaired) electrons. The number of allylic oxidation sites excluding steroid dienone is 2. The SMILES string of the molecule is C=C1[C@H]2C=C[C@H](C2)[C@]1(CCC)S(=O)(=O)c1ccccc1. The van der Waals surface area contributed by atoms with E-state index < -0.39 is 14.6 Å². The summed E-state index contributed by atoms with van der Waals surface area (Å²) in [7, 11) is -3.39. The molecule has 3 rings (SSSR count). The zero-order chi connectivity index (χ0) is 14.4. The molecule has 1 saturated carbocycles. The lowest BCUT2D eigenvalue weighted by Crippen LogP contribution is -2.44. The van der Waals surface area contributed by atoms with Crippen molar-refractivity contribution in [2.75, 3.05) is 0 Å². The summed E-state index contributed by atoms with van der Waals surface area (Å²) in [6.07, 6.45) is 6.64. The van der Waals surface area contributed by atoms with Crippen LogP contribution in [0, 0.1) is 11.8 Å². The third kappa shape index (κ3) is 1.59. The number of rotatable bonds is 4. The highest BCUT2D eigenvalue weighted by Gasteiger charge is 2.58. The molecule has 3 heteroatoms. The van der Waals surface area contributed by atoms with E-state index in [1.54, 1.807) is 24.3 Å². The Kier molecular flexibility index (Phi) is 3.13. The molecule has 0 spiro atoms. The molecule has 1 fully saturated rings. The Hall–Kier alpha value is -1.35. The zero-order valence-electron chi connectivity index (χ0n) is 11.7. The molecule has 0 N–H and O–H groups in total.